The average Bonchev–Trinajstić information content (AvgIpc) is 2.69. The van der Waals surface area contributed by atoms with E-state index in [-0.39, 0.29) is 30.1 Å². The maximum atomic E-state index is 12.1. The van der Waals surface area contributed by atoms with E-state index in [0.717, 1.165) is 0 Å². The number of nitrogens with zero attached hydrogens (tertiary/aromatic N) is 1. The van der Waals surface area contributed by atoms with Gasteiger partial charge in [0, 0.05) is 19.5 Å². The first-order valence-electron chi connectivity index (χ1n) is 6.28. The number of hydrogen-bond acceptors (Lipinski definition) is 4. The van der Waals surface area contributed by atoms with Crippen LogP contribution in [-0.2, 0) is 19.1 Å². The van der Waals surface area contributed by atoms with Crippen LogP contribution < -0.4 is 0 Å². The van der Waals surface area contributed by atoms with Crippen molar-refractivity contribution in [3.8, 4) is 0 Å². The molecule has 0 aromatic heterocycles. The van der Waals surface area contributed by atoms with Crippen LogP contribution in [0.2, 0.25) is 0 Å². The lowest BCUT2D eigenvalue weighted by molar-refractivity contribution is -0.151. The molecule has 0 aliphatic carbocycles. The van der Waals surface area contributed by atoms with Gasteiger partial charge in [-0.05, 0) is 19.8 Å². The van der Waals surface area contributed by atoms with Crippen LogP contribution in [0.3, 0.4) is 0 Å². The number of ether oxygens (including phenoxy) is 1. The molecule has 6 heteroatoms. The van der Waals surface area contributed by atoms with Gasteiger partial charge in [-0.15, -0.1) is 0 Å². The van der Waals surface area contributed by atoms with Gasteiger partial charge in [0.25, 0.3) is 0 Å². The van der Waals surface area contributed by atoms with Crippen molar-refractivity contribution in [2.75, 3.05) is 20.2 Å². The van der Waals surface area contributed by atoms with Crippen molar-refractivity contribution in [3.63, 3.8) is 0 Å². The third-order valence-electron chi connectivity index (χ3n) is 3.64. The van der Waals surface area contributed by atoms with E-state index in [4.69, 9.17) is 9.84 Å². The molecule has 1 aliphatic rings. The third-order valence-corrected chi connectivity index (χ3v) is 3.64. The lowest BCUT2D eigenvalue weighted by Gasteiger charge is -2.23. The van der Waals surface area contributed by atoms with Gasteiger partial charge in [-0.3, -0.25) is 14.4 Å². The molecule has 0 saturated carbocycles. The molecule has 2 unspecified atom stereocenters. The predicted molar refractivity (Wildman–Crippen MR) is 67.3 cm³/mol. The molecule has 1 aliphatic heterocycles. The number of aliphatic carboxylic acids is 1. The quantitative estimate of drug-likeness (QED) is 0.763. The lowest BCUT2D eigenvalue weighted by atomic mass is 9.89. The summed E-state index contributed by atoms with van der Waals surface area (Å²) in [6.45, 7) is 5.70. The minimum absolute atomic E-state index is 0.0318. The van der Waals surface area contributed by atoms with Gasteiger partial charge in [0.15, 0.2) is 0 Å². The normalized spacial score (nSPS) is 23.3. The minimum Gasteiger partial charge on any atom is -0.481 e. The molecule has 2 atom stereocenters. The van der Waals surface area contributed by atoms with E-state index in [1.807, 2.05) is 6.92 Å². The van der Waals surface area contributed by atoms with Crippen molar-refractivity contribution in [2.45, 2.75) is 27.2 Å². The van der Waals surface area contributed by atoms with Crippen molar-refractivity contribution in [3.05, 3.63) is 0 Å². The molecule has 1 rings (SSSR count). The topological polar surface area (TPSA) is 83.9 Å². The van der Waals surface area contributed by atoms with Crippen LogP contribution in [0.5, 0.6) is 0 Å². The summed E-state index contributed by atoms with van der Waals surface area (Å²) in [6.07, 6.45) is -0.0665. The van der Waals surface area contributed by atoms with E-state index in [9.17, 15) is 14.4 Å². The molecular weight excluding hydrogens is 250 g/mol. The van der Waals surface area contributed by atoms with Crippen LogP contribution in [0.25, 0.3) is 0 Å². The monoisotopic (exact) mass is 271 g/mol. The van der Waals surface area contributed by atoms with Crippen LogP contribution in [0.4, 0.5) is 0 Å². The Morgan fingerprint density at radius 2 is 1.89 bits per heavy atom. The molecule has 1 fully saturated rings. The van der Waals surface area contributed by atoms with Crippen LogP contribution >= 0.6 is 0 Å². The number of hydrogen-bond donors (Lipinski definition) is 1. The summed E-state index contributed by atoms with van der Waals surface area (Å²) >= 11 is 0. The maximum absolute atomic E-state index is 12.1. The standard InChI is InChI=1S/C13H21NO5/c1-8-6-14(7-9(8)11(16)19-4)10(15)5-13(2,3)12(17)18/h8-9H,5-7H2,1-4H3,(H,17,18). The van der Waals surface area contributed by atoms with Crippen molar-refractivity contribution in [2.24, 2.45) is 17.3 Å². The molecule has 1 amide bonds. The Balaban J connectivity index is 2.66. The molecule has 108 valence electrons. The predicted octanol–water partition coefficient (Wildman–Crippen LogP) is 0.755. The fourth-order valence-corrected chi connectivity index (χ4v) is 2.19. The Kier molecular flexibility index (Phi) is 4.55. The molecule has 1 N–H and O–H groups in total. The van der Waals surface area contributed by atoms with Crippen LogP contribution in [0.15, 0.2) is 0 Å². The van der Waals surface area contributed by atoms with Crippen molar-refractivity contribution >= 4 is 17.8 Å². The number of carboxylic acids is 1. The summed E-state index contributed by atoms with van der Waals surface area (Å²) in [5, 5.41) is 9.02. The average molecular weight is 271 g/mol. The molecule has 0 spiro atoms. The Bertz CT molecular complexity index is 390. The Morgan fingerprint density at radius 1 is 1.32 bits per heavy atom. The Labute approximate surface area is 112 Å². The zero-order valence-electron chi connectivity index (χ0n) is 11.8. The molecule has 0 bridgehead atoms. The summed E-state index contributed by atoms with van der Waals surface area (Å²) < 4.78 is 4.70. The molecule has 19 heavy (non-hydrogen) atoms. The number of carboxylic acid groups (broad SMARTS) is 1. The molecule has 1 heterocycles. The number of methoxy groups -OCH3 is 1. The van der Waals surface area contributed by atoms with E-state index >= 15 is 0 Å². The van der Waals surface area contributed by atoms with Crippen LogP contribution in [-0.4, -0.2) is 48.1 Å². The van der Waals surface area contributed by atoms with Gasteiger partial charge < -0.3 is 14.7 Å². The first-order valence-corrected chi connectivity index (χ1v) is 6.28. The van der Waals surface area contributed by atoms with Gasteiger partial charge in [-0.1, -0.05) is 6.92 Å². The summed E-state index contributed by atoms with van der Waals surface area (Å²) in [4.78, 5) is 36.2. The van der Waals surface area contributed by atoms with Gasteiger partial charge in [0.05, 0.1) is 18.4 Å². The van der Waals surface area contributed by atoms with E-state index in [1.165, 1.54) is 21.0 Å². The Morgan fingerprint density at radius 3 is 2.37 bits per heavy atom. The van der Waals surface area contributed by atoms with Crippen molar-refractivity contribution in [1.82, 2.24) is 4.90 Å². The highest BCUT2D eigenvalue weighted by molar-refractivity contribution is 5.85. The molecule has 6 nitrogen and oxygen atoms in total. The fraction of sp³-hybridized carbons (Fsp3) is 0.769. The minimum atomic E-state index is -1.09. The second kappa shape index (κ2) is 5.59. The second-order valence-electron chi connectivity index (χ2n) is 5.77. The molecule has 1 saturated heterocycles. The van der Waals surface area contributed by atoms with E-state index in [1.54, 1.807) is 4.90 Å². The zero-order chi connectivity index (χ0) is 14.8. The first-order chi connectivity index (χ1) is 8.69. The summed E-state index contributed by atoms with van der Waals surface area (Å²) in [5.41, 5.74) is -1.09. The highest BCUT2D eigenvalue weighted by atomic mass is 16.5. The number of carbonyl (C=O) groups is 3. The van der Waals surface area contributed by atoms with Crippen LogP contribution in [0.1, 0.15) is 27.2 Å². The highest BCUT2D eigenvalue weighted by Crippen LogP contribution is 2.28. The molecular formula is C13H21NO5. The van der Waals surface area contributed by atoms with Crippen molar-refractivity contribution < 1.29 is 24.2 Å². The fourth-order valence-electron chi connectivity index (χ4n) is 2.19. The number of amides is 1. The molecule has 0 aromatic carbocycles. The molecule has 0 radical (unpaired) electrons. The SMILES string of the molecule is COC(=O)C1CN(C(=O)CC(C)(C)C(=O)O)CC1C. The van der Waals surface area contributed by atoms with Crippen LogP contribution in [0, 0.1) is 17.3 Å². The number of likely N-dealkylation sites (tertiary alicyclic amines) is 1. The lowest BCUT2D eigenvalue weighted by Crippen LogP contribution is -2.36. The highest BCUT2D eigenvalue weighted by Gasteiger charge is 2.40. The van der Waals surface area contributed by atoms with Gasteiger partial charge in [-0.25, -0.2) is 0 Å². The third kappa shape index (κ3) is 3.45. The summed E-state index contributed by atoms with van der Waals surface area (Å²) in [7, 11) is 1.33. The zero-order valence-corrected chi connectivity index (χ0v) is 11.8. The largest absolute Gasteiger partial charge is 0.481 e. The smallest absolute Gasteiger partial charge is 0.310 e. The number of esters is 1. The Hall–Kier alpha value is -1.59. The summed E-state index contributed by atoms with van der Waals surface area (Å²) in [6, 6.07) is 0. The number of carbonyl (C=O) groups excluding carboxylic acids is 2. The molecule has 0 aromatic rings. The maximum Gasteiger partial charge on any atom is 0.310 e. The second-order valence-corrected chi connectivity index (χ2v) is 5.77. The van der Waals surface area contributed by atoms with E-state index in [0.29, 0.717) is 13.1 Å². The first kappa shape index (κ1) is 15.5. The van der Waals surface area contributed by atoms with E-state index in [2.05, 4.69) is 0 Å². The van der Waals surface area contributed by atoms with Gasteiger partial charge >= 0.3 is 11.9 Å². The summed E-state index contributed by atoms with van der Waals surface area (Å²) in [5.74, 6) is -1.84. The van der Waals surface area contributed by atoms with Gasteiger partial charge in [0.1, 0.15) is 0 Å². The van der Waals surface area contributed by atoms with Crippen molar-refractivity contribution in [1.29, 1.82) is 0 Å². The number of rotatable bonds is 4. The van der Waals surface area contributed by atoms with Gasteiger partial charge in [0.2, 0.25) is 5.91 Å². The van der Waals surface area contributed by atoms with Gasteiger partial charge in [-0.2, -0.15) is 0 Å². The van der Waals surface area contributed by atoms with E-state index < -0.39 is 11.4 Å².